The van der Waals surface area contributed by atoms with E-state index in [0.717, 1.165) is 10.4 Å². The molecule has 0 radical (unpaired) electrons. The van der Waals surface area contributed by atoms with Gasteiger partial charge in [-0.1, -0.05) is 12.1 Å². The molecule has 148 valence electrons. The molecule has 5 nitrogen and oxygen atoms in total. The normalized spacial score (nSPS) is 20.1. The first-order chi connectivity index (χ1) is 12.8. The van der Waals surface area contributed by atoms with Crippen molar-refractivity contribution >= 4 is 21.2 Å². The van der Waals surface area contributed by atoms with Gasteiger partial charge in [-0.15, -0.1) is 11.3 Å². The second-order valence-electron chi connectivity index (χ2n) is 6.91. The average Bonchev–Trinajstić information content (AvgIpc) is 3.18. The van der Waals surface area contributed by atoms with Gasteiger partial charge in [0.15, 0.2) is 21.4 Å². The lowest BCUT2D eigenvalue weighted by atomic mass is 10.1. The maximum Gasteiger partial charge on any atom is 0.165 e. The number of aryl methyl sites for hydroxylation is 1. The first-order valence-corrected chi connectivity index (χ1v) is 11.6. The van der Waals surface area contributed by atoms with Crippen molar-refractivity contribution < 1.29 is 22.7 Å². The Kier molecular flexibility index (Phi) is 6.52. The Balaban J connectivity index is 1.65. The highest BCUT2D eigenvalue weighted by Crippen LogP contribution is 2.24. The summed E-state index contributed by atoms with van der Waals surface area (Å²) in [6.07, 6.45) is -0.290. The van der Waals surface area contributed by atoms with E-state index >= 15 is 0 Å². The number of benzene rings is 1. The molecular formula is C19H24FNO4S2. The van der Waals surface area contributed by atoms with E-state index in [4.69, 9.17) is 4.74 Å². The van der Waals surface area contributed by atoms with Crippen molar-refractivity contribution in [3.63, 3.8) is 0 Å². The zero-order chi connectivity index (χ0) is 19.4. The van der Waals surface area contributed by atoms with Gasteiger partial charge < -0.3 is 9.84 Å². The van der Waals surface area contributed by atoms with Crippen molar-refractivity contribution in [2.45, 2.75) is 32.0 Å². The van der Waals surface area contributed by atoms with E-state index in [-0.39, 0.29) is 36.4 Å². The second-order valence-corrected chi connectivity index (χ2v) is 10.1. The minimum Gasteiger partial charge on any atom is -0.488 e. The number of rotatable bonds is 8. The van der Waals surface area contributed by atoms with Gasteiger partial charge in [0.25, 0.3) is 0 Å². The Morgan fingerprint density at radius 2 is 2.15 bits per heavy atom. The van der Waals surface area contributed by atoms with Crippen LogP contribution in [0.5, 0.6) is 5.75 Å². The number of sulfone groups is 1. The van der Waals surface area contributed by atoms with Gasteiger partial charge in [0.2, 0.25) is 0 Å². The summed E-state index contributed by atoms with van der Waals surface area (Å²) in [6, 6.07) is 7.96. The summed E-state index contributed by atoms with van der Waals surface area (Å²) in [4.78, 5) is 3.17. The standard InChI is InChI=1S/C19H24FNO4S2/c1-14-6-8-26-19(14)11-21(15-7-9-27(23,24)13-15)10-16(22)12-25-18-5-3-2-4-17(18)20/h2-6,8,15-16,22H,7,9-13H2,1H3. The SMILES string of the molecule is Cc1ccsc1CN(CC(O)COc1ccccc1F)C1CCS(=O)(=O)C1. The lowest BCUT2D eigenvalue weighted by molar-refractivity contribution is 0.0517. The van der Waals surface area contributed by atoms with E-state index in [1.165, 1.54) is 12.1 Å². The first-order valence-electron chi connectivity index (χ1n) is 8.87. The summed E-state index contributed by atoms with van der Waals surface area (Å²) < 4.78 is 42.8. The molecule has 0 aliphatic carbocycles. The summed E-state index contributed by atoms with van der Waals surface area (Å²) in [5, 5.41) is 12.4. The van der Waals surface area contributed by atoms with Crippen molar-refractivity contribution in [1.82, 2.24) is 4.90 Å². The van der Waals surface area contributed by atoms with E-state index < -0.39 is 21.8 Å². The number of thiophene rings is 1. The van der Waals surface area contributed by atoms with E-state index in [0.29, 0.717) is 13.0 Å². The molecule has 1 aromatic carbocycles. The van der Waals surface area contributed by atoms with E-state index in [9.17, 15) is 17.9 Å². The van der Waals surface area contributed by atoms with Crippen LogP contribution in [0.15, 0.2) is 35.7 Å². The zero-order valence-electron chi connectivity index (χ0n) is 15.2. The third kappa shape index (κ3) is 5.51. The molecule has 1 aliphatic heterocycles. The molecule has 2 aromatic rings. The molecule has 2 unspecified atom stereocenters. The van der Waals surface area contributed by atoms with Crippen LogP contribution in [0.4, 0.5) is 4.39 Å². The van der Waals surface area contributed by atoms with Crippen LogP contribution in [0.3, 0.4) is 0 Å². The Morgan fingerprint density at radius 1 is 1.37 bits per heavy atom. The summed E-state index contributed by atoms with van der Waals surface area (Å²) in [5.41, 5.74) is 1.16. The van der Waals surface area contributed by atoms with Gasteiger partial charge in [-0.2, -0.15) is 0 Å². The fourth-order valence-electron chi connectivity index (χ4n) is 3.23. The summed E-state index contributed by atoms with van der Waals surface area (Å²) in [7, 11) is -3.03. The minimum atomic E-state index is -3.03. The van der Waals surface area contributed by atoms with Crippen molar-refractivity contribution in [1.29, 1.82) is 0 Å². The fourth-order valence-corrected chi connectivity index (χ4v) is 5.92. The maximum atomic E-state index is 13.6. The predicted molar refractivity (Wildman–Crippen MR) is 104 cm³/mol. The lowest BCUT2D eigenvalue weighted by Gasteiger charge is -2.30. The van der Waals surface area contributed by atoms with Crippen LogP contribution in [0.1, 0.15) is 16.9 Å². The molecule has 1 aromatic heterocycles. The van der Waals surface area contributed by atoms with Crippen molar-refractivity contribution in [3.8, 4) is 5.75 Å². The van der Waals surface area contributed by atoms with E-state index in [1.807, 2.05) is 23.3 Å². The molecule has 1 fully saturated rings. The summed E-state index contributed by atoms with van der Waals surface area (Å²) in [5.74, 6) is -0.0872. The maximum absolute atomic E-state index is 13.6. The molecule has 27 heavy (non-hydrogen) atoms. The number of halogens is 1. The minimum absolute atomic E-state index is 0.0552. The Bertz CT molecular complexity index is 868. The zero-order valence-corrected chi connectivity index (χ0v) is 16.8. The van der Waals surface area contributed by atoms with Crippen LogP contribution in [-0.4, -0.2) is 55.2 Å². The lowest BCUT2D eigenvalue weighted by Crippen LogP contribution is -2.42. The molecule has 0 bridgehead atoms. The van der Waals surface area contributed by atoms with Crippen LogP contribution in [0.2, 0.25) is 0 Å². The third-order valence-corrected chi connectivity index (χ3v) is 7.51. The van der Waals surface area contributed by atoms with Crippen molar-refractivity contribution in [3.05, 3.63) is 52.0 Å². The Hall–Kier alpha value is -1.48. The molecule has 2 heterocycles. The van der Waals surface area contributed by atoms with Crippen molar-refractivity contribution in [2.24, 2.45) is 0 Å². The largest absolute Gasteiger partial charge is 0.488 e. The topological polar surface area (TPSA) is 66.8 Å². The van der Waals surface area contributed by atoms with Gasteiger partial charge in [0.05, 0.1) is 11.5 Å². The number of para-hydroxylation sites is 1. The number of nitrogens with zero attached hydrogens (tertiary/aromatic N) is 1. The summed E-state index contributed by atoms with van der Waals surface area (Å²) in [6.45, 7) is 2.82. The smallest absolute Gasteiger partial charge is 0.165 e. The van der Waals surface area contributed by atoms with Crippen LogP contribution in [0, 0.1) is 12.7 Å². The van der Waals surface area contributed by atoms with Crippen LogP contribution < -0.4 is 4.74 Å². The number of ether oxygens (including phenoxy) is 1. The molecule has 3 rings (SSSR count). The van der Waals surface area contributed by atoms with Gasteiger partial charge in [-0.05, 0) is 42.5 Å². The highest BCUT2D eigenvalue weighted by molar-refractivity contribution is 7.91. The molecule has 1 saturated heterocycles. The Morgan fingerprint density at radius 3 is 2.78 bits per heavy atom. The number of aliphatic hydroxyl groups excluding tert-OH is 1. The number of aliphatic hydroxyl groups is 1. The monoisotopic (exact) mass is 413 g/mol. The molecule has 0 spiro atoms. The van der Waals surface area contributed by atoms with Crippen LogP contribution >= 0.6 is 11.3 Å². The molecular weight excluding hydrogens is 389 g/mol. The number of hydrogen-bond acceptors (Lipinski definition) is 6. The molecule has 8 heteroatoms. The molecule has 2 atom stereocenters. The molecule has 0 amide bonds. The van der Waals surface area contributed by atoms with Gasteiger partial charge in [-0.3, -0.25) is 4.90 Å². The van der Waals surface area contributed by atoms with Gasteiger partial charge in [0, 0.05) is 24.0 Å². The predicted octanol–water partition coefficient (Wildman–Crippen LogP) is 2.62. The molecule has 0 saturated carbocycles. The average molecular weight is 414 g/mol. The van der Waals surface area contributed by atoms with Crippen LogP contribution in [0.25, 0.3) is 0 Å². The van der Waals surface area contributed by atoms with Crippen molar-refractivity contribution in [2.75, 3.05) is 24.7 Å². The molecule has 1 aliphatic rings. The third-order valence-electron chi connectivity index (χ3n) is 4.75. The fraction of sp³-hybridized carbons (Fsp3) is 0.474. The quantitative estimate of drug-likeness (QED) is 0.721. The summed E-state index contributed by atoms with van der Waals surface area (Å²) >= 11 is 1.62. The number of hydrogen-bond donors (Lipinski definition) is 1. The Labute approximate surface area is 163 Å². The highest BCUT2D eigenvalue weighted by Gasteiger charge is 2.33. The first kappa shape index (κ1) is 20.3. The highest BCUT2D eigenvalue weighted by atomic mass is 32.2. The van der Waals surface area contributed by atoms with Gasteiger partial charge in [-0.25, -0.2) is 12.8 Å². The molecule has 1 N–H and O–H groups in total. The van der Waals surface area contributed by atoms with Gasteiger partial charge >= 0.3 is 0 Å². The second kappa shape index (κ2) is 8.68. The van der Waals surface area contributed by atoms with Crippen LogP contribution in [-0.2, 0) is 16.4 Å². The van der Waals surface area contributed by atoms with Gasteiger partial charge in [0.1, 0.15) is 12.7 Å². The van der Waals surface area contributed by atoms with E-state index in [1.54, 1.807) is 23.5 Å². The van der Waals surface area contributed by atoms with E-state index in [2.05, 4.69) is 0 Å².